The normalized spacial score (nSPS) is 12.1. The summed E-state index contributed by atoms with van der Waals surface area (Å²) < 4.78 is 79.1. The Balaban J connectivity index is 2.02. The summed E-state index contributed by atoms with van der Waals surface area (Å²) in [4.78, 5) is 17.1. The lowest BCUT2D eigenvalue weighted by Gasteiger charge is -2.14. The summed E-state index contributed by atoms with van der Waals surface area (Å²) in [5.41, 5.74) is -2.82. The minimum Gasteiger partial charge on any atom is -0.312 e. The molecule has 1 heterocycles. The maximum atomic E-state index is 13.1. The van der Waals surface area contributed by atoms with Gasteiger partial charge in [-0.15, -0.1) is 0 Å². The quantitative estimate of drug-likeness (QED) is 0.313. The highest BCUT2D eigenvalue weighted by atomic mass is 32.2. The first-order valence-electron chi connectivity index (χ1n) is 8.79. The second-order valence-electron chi connectivity index (χ2n) is 6.21. The van der Waals surface area contributed by atoms with Gasteiger partial charge in [-0.2, -0.15) is 26.3 Å². The topological polar surface area (TPSA) is 42.0 Å². The monoisotopic (exact) mass is 476 g/mol. The van der Waals surface area contributed by atoms with Crippen LogP contribution in [0.3, 0.4) is 0 Å². The van der Waals surface area contributed by atoms with Gasteiger partial charge in [-0.05, 0) is 24.0 Å². The fourth-order valence-electron chi connectivity index (χ4n) is 2.62. The van der Waals surface area contributed by atoms with Crippen LogP contribution < -0.4 is 5.32 Å². The van der Waals surface area contributed by atoms with Crippen molar-refractivity contribution >= 4 is 34.0 Å². The first-order valence-corrected chi connectivity index (χ1v) is 10.6. The zero-order chi connectivity index (χ0) is 22.8. The number of anilines is 1. The molecule has 1 aromatic heterocycles. The Hall–Kier alpha value is -2.53. The van der Waals surface area contributed by atoms with Crippen LogP contribution in [0.5, 0.6) is 0 Å². The Kier molecular flexibility index (Phi) is 6.65. The minimum absolute atomic E-state index is 0.0190. The number of thioether (sulfide) groups is 1. The number of thiazole rings is 1. The summed E-state index contributed by atoms with van der Waals surface area (Å²) >= 11 is 2.49. The maximum Gasteiger partial charge on any atom is 0.416 e. The van der Waals surface area contributed by atoms with Crippen LogP contribution in [0, 0.1) is 0 Å². The summed E-state index contributed by atoms with van der Waals surface area (Å²) in [6, 6.07) is 9.51. The van der Waals surface area contributed by atoms with E-state index in [1.54, 1.807) is 30.3 Å². The number of nitrogens with zero attached hydrogens (tertiary/aromatic N) is 1. The fourth-order valence-corrected chi connectivity index (χ4v) is 4.58. The number of halogens is 6. The van der Waals surface area contributed by atoms with Crippen molar-refractivity contribution in [2.24, 2.45) is 0 Å². The molecule has 0 fully saturated rings. The van der Waals surface area contributed by atoms with Gasteiger partial charge >= 0.3 is 12.4 Å². The van der Waals surface area contributed by atoms with Crippen LogP contribution in [0.25, 0.3) is 11.3 Å². The van der Waals surface area contributed by atoms with Crippen LogP contribution in [-0.2, 0) is 12.4 Å². The Bertz CT molecular complexity index is 1050. The van der Waals surface area contributed by atoms with Crippen molar-refractivity contribution in [2.45, 2.75) is 23.6 Å². The molecule has 0 bridgehead atoms. The largest absolute Gasteiger partial charge is 0.416 e. The molecule has 0 saturated heterocycles. The van der Waals surface area contributed by atoms with E-state index in [4.69, 9.17) is 0 Å². The molecule has 3 aromatic rings. The Labute approximate surface area is 181 Å². The molecular weight excluding hydrogens is 462 g/mol. The molecule has 1 N–H and O–H groups in total. The first-order chi connectivity index (χ1) is 14.5. The number of hydrogen-bond donors (Lipinski definition) is 1. The fraction of sp³-hybridized carbons (Fsp3) is 0.200. The number of carbonyl (C=O) groups excluding carboxylic acids is 1. The summed E-state index contributed by atoms with van der Waals surface area (Å²) in [6.07, 6.45) is -10.1. The standard InChI is InChI=1S/C20H14F6N2OS2/c1-2-30-18-27-15(11-6-4-3-5-7-11)17(31-18)28-16(29)12-8-13(19(21,22)23)10-14(9-12)20(24,25)26/h3-10H,2H2,1H3,(H,28,29). The summed E-state index contributed by atoms with van der Waals surface area (Å²) in [5.74, 6) is -0.400. The molecule has 0 aliphatic heterocycles. The van der Waals surface area contributed by atoms with Gasteiger partial charge in [-0.1, -0.05) is 60.4 Å². The molecule has 0 unspecified atom stereocenters. The van der Waals surface area contributed by atoms with Crippen LogP contribution in [0.15, 0.2) is 52.9 Å². The van der Waals surface area contributed by atoms with Gasteiger partial charge in [0.05, 0.1) is 11.1 Å². The van der Waals surface area contributed by atoms with Crippen molar-refractivity contribution in [3.8, 4) is 11.3 Å². The van der Waals surface area contributed by atoms with E-state index in [1.165, 1.54) is 11.8 Å². The third kappa shape index (κ3) is 5.59. The number of nitrogens with one attached hydrogen (secondary N) is 1. The molecule has 3 rings (SSSR count). The van der Waals surface area contributed by atoms with Gasteiger partial charge in [0.15, 0.2) is 4.34 Å². The lowest BCUT2D eigenvalue weighted by molar-refractivity contribution is -0.143. The van der Waals surface area contributed by atoms with Gasteiger partial charge in [0, 0.05) is 11.1 Å². The second-order valence-corrected chi connectivity index (χ2v) is 8.72. The number of aromatic nitrogens is 1. The highest BCUT2D eigenvalue weighted by Gasteiger charge is 2.37. The van der Waals surface area contributed by atoms with Crippen molar-refractivity contribution in [2.75, 3.05) is 11.1 Å². The lowest BCUT2D eigenvalue weighted by atomic mass is 10.0. The van der Waals surface area contributed by atoms with E-state index in [9.17, 15) is 31.1 Å². The minimum atomic E-state index is -5.04. The van der Waals surface area contributed by atoms with Gasteiger partial charge in [0.25, 0.3) is 5.91 Å². The molecule has 2 aromatic carbocycles. The zero-order valence-corrected chi connectivity index (χ0v) is 17.4. The molecular formula is C20H14F6N2OS2. The Morgan fingerprint density at radius 3 is 2.10 bits per heavy atom. The lowest BCUT2D eigenvalue weighted by Crippen LogP contribution is -2.17. The van der Waals surface area contributed by atoms with Crippen molar-refractivity contribution < 1.29 is 31.1 Å². The van der Waals surface area contributed by atoms with Crippen molar-refractivity contribution in [3.05, 3.63) is 65.2 Å². The molecule has 11 heteroatoms. The van der Waals surface area contributed by atoms with E-state index in [1.807, 2.05) is 6.92 Å². The van der Waals surface area contributed by atoms with E-state index in [0.29, 0.717) is 33.5 Å². The SMILES string of the molecule is CCSc1nc(-c2ccccc2)c(NC(=O)c2cc(C(F)(F)F)cc(C(F)(F)F)c2)s1. The molecule has 164 valence electrons. The number of alkyl halides is 6. The van der Waals surface area contributed by atoms with E-state index in [-0.39, 0.29) is 11.1 Å². The number of carbonyl (C=O) groups is 1. The zero-order valence-electron chi connectivity index (χ0n) is 15.8. The number of rotatable bonds is 5. The van der Waals surface area contributed by atoms with E-state index >= 15 is 0 Å². The van der Waals surface area contributed by atoms with Crippen LogP contribution in [0.4, 0.5) is 31.3 Å². The third-order valence-corrected chi connectivity index (χ3v) is 6.00. The summed E-state index contributed by atoms with van der Waals surface area (Å²) in [5, 5.41) is 2.66. The molecule has 0 aliphatic rings. The van der Waals surface area contributed by atoms with E-state index < -0.39 is 35.0 Å². The molecule has 31 heavy (non-hydrogen) atoms. The molecule has 0 saturated carbocycles. The van der Waals surface area contributed by atoms with Gasteiger partial charge in [-0.25, -0.2) is 4.98 Å². The van der Waals surface area contributed by atoms with Crippen LogP contribution in [0.2, 0.25) is 0 Å². The highest BCUT2D eigenvalue weighted by Crippen LogP contribution is 2.39. The van der Waals surface area contributed by atoms with Crippen LogP contribution >= 0.6 is 23.1 Å². The predicted molar refractivity (Wildman–Crippen MR) is 108 cm³/mol. The average Bonchev–Trinajstić information content (AvgIpc) is 3.09. The molecule has 1 amide bonds. The average molecular weight is 476 g/mol. The van der Waals surface area contributed by atoms with Gasteiger partial charge in [0.1, 0.15) is 10.7 Å². The first kappa shape index (κ1) is 23.1. The van der Waals surface area contributed by atoms with Gasteiger partial charge in [-0.3, -0.25) is 4.79 Å². The predicted octanol–water partition coefficient (Wildman–Crippen LogP) is 7.21. The summed E-state index contributed by atoms with van der Waals surface area (Å²) in [6.45, 7) is 1.90. The Morgan fingerprint density at radius 1 is 1.00 bits per heavy atom. The number of hydrogen-bond acceptors (Lipinski definition) is 4. The van der Waals surface area contributed by atoms with Crippen molar-refractivity contribution in [1.29, 1.82) is 0 Å². The maximum absolute atomic E-state index is 13.1. The van der Waals surface area contributed by atoms with Crippen molar-refractivity contribution in [1.82, 2.24) is 4.98 Å². The Morgan fingerprint density at radius 2 is 1.58 bits per heavy atom. The van der Waals surface area contributed by atoms with Crippen LogP contribution in [0.1, 0.15) is 28.4 Å². The van der Waals surface area contributed by atoms with Gasteiger partial charge < -0.3 is 5.32 Å². The molecule has 3 nitrogen and oxygen atoms in total. The highest BCUT2D eigenvalue weighted by molar-refractivity contribution is 8.01. The van der Waals surface area contributed by atoms with E-state index in [2.05, 4.69) is 10.3 Å². The number of amides is 1. The van der Waals surface area contributed by atoms with E-state index in [0.717, 1.165) is 11.3 Å². The smallest absolute Gasteiger partial charge is 0.312 e. The molecule has 0 spiro atoms. The molecule has 0 atom stereocenters. The second kappa shape index (κ2) is 8.91. The van der Waals surface area contributed by atoms with Crippen LogP contribution in [-0.4, -0.2) is 16.6 Å². The number of benzene rings is 2. The summed E-state index contributed by atoms with van der Waals surface area (Å²) in [7, 11) is 0. The third-order valence-electron chi connectivity index (χ3n) is 4.00. The molecule has 0 radical (unpaired) electrons. The molecule has 0 aliphatic carbocycles. The van der Waals surface area contributed by atoms with Gasteiger partial charge in [0.2, 0.25) is 0 Å². The van der Waals surface area contributed by atoms with Crippen molar-refractivity contribution in [3.63, 3.8) is 0 Å².